The zero-order valence-corrected chi connectivity index (χ0v) is 8.83. The Hall–Kier alpha value is -0.610. The minimum Gasteiger partial charge on any atom is -0.481 e. The number of rotatable bonds is 5. The lowest BCUT2D eigenvalue weighted by Gasteiger charge is -2.33. The molecule has 14 heavy (non-hydrogen) atoms. The van der Waals surface area contributed by atoms with E-state index in [0.29, 0.717) is 12.5 Å². The van der Waals surface area contributed by atoms with Crippen LogP contribution in [-0.4, -0.2) is 48.2 Å². The van der Waals surface area contributed by atoms with Crippen LogP contribution >= 0.6 is 0 Å². The van der Waals surface area contributed by atoms with Gasteiger partial charge < -0.3 is 10.4 Å². The zero-order valence-electron chi connectivity index (χ0n) is 8.83. The van der Waals surface area contributed by atoms with Crippen molar-refractivity contribution in [2.75, 3.05) is 26.2 Å². The lowest BCUT2D eigenvalue weighted by Crippen LogP contribution is -2.49. The molecule has 1 rings (SSSR count). The molecular weight excluding hydrogens is 180 g/mol. The lowest BCUT2D eigenvalue weighted by atomic mass is 10.1. The summed E-state index contributed by atoms with van der Waals surface area (Å²) in [6, 6.07) is 0.591. The Balaban J connectivity index is 2.07. The molecule has 1 saturated heterocycles. The summed E-state index contributed by atoms with van der Waals surface area (Å²) in [5.74, 6) is -0.682. The second-order valence-electron chi connectivity index (χ2n) is 3.94. The van der Waals surface area contributed by atoms with E-state index in [9.17, 15) is 4.79 Å². The topological polar surface area (TPSA) is 52.6 Å². The molecule has 1 aliphatic rings. The van der Waals surface area contributed by atoms with Gasteiger partial charge in [0.1, 0.15) is 0 Å². The van der Waals surface area contributed by atoms with Crippen molar-refractivity contribution < 1.29 is 9.90 Å². The van der Waals surface area contributed by atoms with Crippen LogP contribution in [0.1, 0.15) is 26.2 Å². The van der Waals surface area contributed by atoms with Crippen molar-refractivity contribution in [2.24, 2.45) is 0 Å². The first-order chi connectivity index (χ1) is 6.70. The van der Waals surface area contributed by atoms with E-state index >= 15 is 0 Å². The largest absolute Gasteiger partial charge is 0.481 e. The number of piperazine rings is 1. The van der Waals surface area contributed by atoms with Crippen molar-refractivity contribution in [3.8, 4) is 0 Å². The van der Waals surface area contributed by atoms with Gasteiger partial charge in [0.05, 0.1) is 0 Å². The number of nitrogens with one attached hydrogen (secondary N) is 1. The standard InChI is InChI=1S/C10H20N2O2/c1-9-8-11-5-7-12(9)6-3-2-4-10(13)14/h9,11H,2-8H2,1H3,(H,13,14)/t9-/m0/s1. The summed E-state index contributed by atoms with van der Waals surface area (Å²) < 4.78 is 0. The van der Waals surface area contributed by atoms with E-state index in [4.69, 9.17) is 5.11 Å². The van der Waals surface area contributed by atoms with Gasteiger partial charge in [0, 0.05) is 32.1 Å². The average Bonchev–Trinajstić information content (AvgIpc) is 2.15. The highest BCUT2D eigenvalue weighted by molar-refractivity contribution is 5.66. The molecule has 0 unspecified atom stereocenters. The van der Waals surface area contributed by atoms with Crippen LogP contribution in [0.3, 0.4) is 0 Å². The molecule has 0 amide bonds. The summed E-state index contributed by atoms with van der Waals surface area (Å²) in [5, 5.41) is 11.8. The van der Waals surface area contributed by atoms with Crippen LogP contribution in [0.2, 0.25) is 0 Å². The molecule has 4 nitrogen and oxygen atoms in total. The van der Waals surface area contributed by atoms with Crippen molar-refractivity contribution in [1.29, 1.82) is 0 Å². The molecule has 1 aliphatic heterocycles. The van der Waals surface area contributed by atoms with E-state index in [0.717, 1.165) is 39.0 Å². The molecule has 0 aliphatic carbocycles. The van der Waals surface area contributed by atoms with Gasteiger partial charge in [-0.05, 0) is 26.3 Å². The molecule has 1 heterocycles. The van der Waals surface area contributed by atoms with Gasteiger partial charge in [-0.2, -0.15) is 0 Å². The SMILES string of the molecule is C[C@H]1CNCCN1CCCCC(=O)O. The molecule has 0 spiro atoms. The van der Waals surface area contributed by atoms with Gasteiger partial charge in [-0.3, -0.25) is 9.69 Å². The first-order valence-electron chi connectivity index (χ1n) is 5.36. The molecule has 2 N–H and O–H groups in total. The molecular formula is C10H20N2O2. The van der Waals surface area contributed by atoms with Crippen molar-refractivity contribution in [2.45, 2.75) is 32.2 Å². The Morgan fingerprint density at radius 3 is 3.00 bits per heavy atom. The summed E-state index contributed by atoms with van der Waals surface area (Å²) in [5.41, 5.74) is 0. The van der Waals surface area contributed by atoms with Crippen LogP contribution in [0.4, 0.5) is 0 Å². The predicted octanol–water partition coefficient (Wildman–Crippen LogP) is 0.535. The number of carboxylic acid groups (broad SMARTS) is 1. The van der Waals surface area contributed by atoms with Crippen LogP contribution in [0.25, 0.3) is 0 Å². The molecule has 1 fully saturated rings. The van der Waals surface area contributed by atoms with Gasteiger partial charge in [-0.25, -0.2) is 0 Å². The minimum absolute atomic E-state index is 0.306. The van der Waals surface area contributed by atoms with Crippen molar-refractivity contribution in [3.63, 3.8) is 0 Å². The van der Waals surface area contributed by atoms with E-state index in [1.54, 1.807) is 0 Å². The van der Waals surface area contributed by atoms with Crippen LogP contribution in [0.5, 0.6) is 0 Å². The Morgan fingerprint density at radius 1 is 1.57 bits per heavy atom. The Morgan fingerprint density at radius 2 is 2.36 bits per heavy atom. The van der Waals surface area contributed by atoms with Crippen LogP contribution in [0.15, 0.2) is 0 Å². The molecule has 0 aromatic heterocycles. The number of carboxylic acids is 1. The van der Waals surface area contributed by atoms with Gasteiger partial charge in [0.25, 0.3) is 0 Å². The number of unbranched alkanes of at least 4 members (excludes halogenated alkanes) is 1. The number of hydrogen-bond donors (Lipinski definition) is 2. The maximum atomic E-state index is 10.3. The Kier molecular flexibility index (Phi) is 4.90. The molecule has 1 atom stereocenters. The third-order valence-electron chi connectivity index (χ3n) is 2.72. The van der Waals surface area contributed by atoms with Gasteiger partial charge >= 0.3 is 5.97 Å². The normalized spacial score (nSPS) is 23.6. The highest BCUT2D eigenvalue weighted by Gasteiger charge is 2.16. The monoisotopic (exact) mass is 200 g/mol. The van der Waals surface area contributed by atoms with Gasteiger partial charge in [-0.15, -0.1) is 0 Å². The van der Waals surface area contributed by atoms with E-state index in [2.05, 4.69) is 17.1 Å². The highest BCUT2D eigenvalue weighted by atomic mass is 16.4. The van der Waals surface area contributed by atoms with Crippen molar-refractivity contribution in [1.82, 2.24) is 10.2 Å². The molecule has 0 saturated carbocycles. The molecule has 4 heteroatoms. The second-order valence-corrected chi connectivity index (χ2v) is 3.94. The lowest BCUT2D eigenvalue weighted by molar-refractivity contribution is -0.137. The zero-order chi connectivity index (χ0) is 10.4. The predicted molar refractivity (Wildman–Crippen MR) is 55.4 cm³/mol. The molecule has 0 radical (unpaired) electrons. The summed E-state index contributed by atoms with van der Waals surface area (Å²) >= 11 is 0. The smallest absolute Gasteiger partial charge is 0.303 e. The third-order valence-corrected chi connectivity index (χ3v) is 2.72. The first kappa shape index (κ1) is 11.5. The van der Waals surface area contributed by atoms with Gasteiger partial charge in [0.15, 0.2) is 0 Å². The Bertz CT molecular complexity index is 185. The summed E-state index contributed by atoms with van der Waals surface area (Å²) in [4.78, 5) is 12.7. The van der Waals surface area contributed by atoms with E-state index in [1.165, 1.54) is 0 Å². The number of nitrogens with zero attached hydrogens (tertiary/aromatic N) is 1. The molecule has 82 valence electrons. The van der Waals surface area contributed by atoms with E-state index in [-0.39, 0.29) is 0 Å². The summed E-state index contributed by atoms with van der Waals surface area (Å²) in [7, 11) is 0. The summed E-state index contributed by atoms with van der Waals surface area (Å²) in [6.45, 7) is 6.45. The van der Waals surface area contributed by atoms with Crippen molar-refractivity contribution in [3.05, 3.63) is 0 Å². The molecule has 0 aromatic carbocycles. The maximum Gasteiger partial charge on any atom is 0.303 e. The molecule has 0 bridgehead atoms. The third kappa shape index (κ3) is 4.07. The average molecular weight is 200 g/mol. The van der Waals surface area contributed by atoms with Crippen LogP contribution in [0, 0.1) is 0 Å². The van der Waals surface area contributed by atoms with Gasteiger partial charge in [-0.1, -0.05) is 0 Å². The summed E-state index contributed by atoms with van der Waals surface area (Å²) in [6.07, 6.45) is 2.10. The fraction of sp³-hybridized carbons (Fsp3) is 0.900. The number of aliphatic carboxylic acids is 1. The molecule has 0 aromatic rings. The Labute approximate surface area is 85.3 Å². The van der Waals surface area contributed by atoms with E-state index in [1.807, 2.05) is 0 Å². The highest BCUT2D eigenvalue weighted by Crippen LogP contribution is 2.05. The first-order valence-corrected chi connectivity index (χ1v) is 5.36. The van der Waals surface area contributed by atoms with Crippen LogP contribution in [-0.2, 0) is 4.79 Å². The fourth-order valence-corrected chi connectivity index (χ4v) is 1.81. The van der Waals surface area contributed by atoms with Gasteiger partial charge in [0.2, 0.25) is 0 Å². The second kappa shape index (κ2) is 5.98. The van der Waals surface area contributed by atoms with Crippen molar-refractivity contribution >= 4 is 5.97 Å². The fourth-order valence-electron chi connectivity index (χ4n) is 1.81. The van der Waals surface area contributed by atoms with Crippen LogP contribution < -0.4 is 5.32 Å². The quantitative estimate of drug-likeness (QED) is 0.636. The minimum atomic E-state index is -0.682. The number of hydrogen-bond acceptors (Lipinski definition) is 3. The van der Waals surface area contributed by atoms with E-state index < -0.39 is 5.97 Å². The number of carbonyl (C=O) groups is 1. The maximum absolute atomic E-state index is 10.3.